The molecule has 0 spiro atoms. The monoisotopic (exact) mass is 281 g/mol. The fraction of sp³-hybridized carbons (Fsp3) is 0.167. The van der Waals surface area contributed by atoms with Gasteiger partial charge >= 0.3 is 0 Å². The summed E-state index contributed by atoms with van der Waals surface area (Å²) in [5.41, 5.74) is 3.55. The summed E-state index contributed by atoms with van der Waals surface area (Å²) in [5, 5.41) is 2.89. The van der Waals surface area contributed by atoms with Crippen LogP contribution in [0.4, 0.5) is 5.69 Å². The molecule has 0 radical (unpaired) electrons. The lowest BCUT2D eigenvalue weighted by atomic mass is 10.1. The molecule has 2 aromatic rings. The molecule has 0 aliphatic rings. The van der Waals surface area contributed by atoms with Gasteiger partial charge in [-0.15, -0.1) is 0 Å². The Morgan fingerprint density at radius 2 is 1.90 bits per heavy atom. The van der Waals surface area contributed by atoms with Crippen molar-refractivity contribution in [2.45, 2.75) is 13.8 Å². The van der Waals surface area contributed by atoms with Gasteiger partial charge in [0.1, 0.15) is 12.4 Å². The molecule has 0 aliphatic heterocycles. The lowest BCUT2D eigenvalue weighted by Crippen LogP contribution is -2.13. The van der Waals surface area contributed by atoms with E-state index in [0.717, 1.165) is 22.6 Å². The molecule has 108 valence electrons. The molecule has 1 N–H and O–H groups in total. The predicted octanol–water partition coefficient (Wildman–Crippen LogP) is 4.12. The maximum atomic E-state index is 12.2. The zero-order valence-corrected chi connectivity index (χ0v) is 12.3. The van der Waals surface area contributed by atoms with Crippen LogP contribution >= 0.6 is 0 Å². The van der Waals surface area contributed by atoms with E-state index < -0.39 is 0 Å². The molecule has 0 unspecified atom stereocenters. The topological polar surface area (TPSA) is 38.3 Å². The van der Waals surface area contributed by atoms with Gasteiger partial charge in [-0.25, -0.2) is 0 Å². The zero-order valence-electron chi connectivity index (χ0n) is 12.3. The van der Waals surface area contributed by atoms with Crippen LogP contribution in [0.1, 0.15) is 21.5 Å². The second-order valence-corrected chi connectivity index (χ2v) is 4.90. The first-order valence-electron chi connectivity index (χ1n) is 6.82. The number of ether oxygens (including phenoxy) is 1. The summed E-state index contributed by atoms with van der Waals surface area (Å²) in [4.78, 5) is 12.2. The molecular weight excluding hydrogens is 262 g/mol. The number of carbonyl (C=O) groups is 1. The molecule has 21 heavy (non-hydrogen) atoms. The van der Waals surface area contributed by atoms with Crippen LogP contribution in [0.3, 0.4) is 0 Å². The van der Waals surface area contributed by atoms with E-state index in [1.54, 1.807) is 6.08 Å². The Kier molecular flexibility index (Phi) is 4.77. The van der Waals surface area contributed by atoms with Crippen molar-refractivity contribution in [1.82, 2.24) is 0 Å². The molecule has 0 saturated carbocycles. The minimum atomic E-state index is -0.104. The highest BCUT2D eigenvalue weighted by molar-refractivity contribution is 6.05. The number of nitrogens with one attached hydrogen (secondary N) is 1. The minimum absolute atomic E-state index is 0.104. The fourth-order valence-corrected chi connectivity index (χ4v) is 2.06. The molecule has 3 nitrogen and oxygen atoms in total. The first kappa shape index (κ1) is 14.9. The molecular formula is C18H19NO2. The van der Waals surface area contributed by atoms with Gasteiger partial charge in [-0.1, -0.05) is 30.4 Å². The molecule has 3 heteroatoms. The van der Waals surface area contributed by atoms with Gasteiger partial charge in [0.15, 0.2) is 0 Å². The number of hydrogen-bond donors (Lipinski definition) is 1. The lowest BCUT2D eigenvalue weighted by molar-refractivity contribution is 0.102. The average Bonchev–Trinajstić information content (AvgIpc) is 2.46. The summed E-state index contributed by atoms with van der Waals surface area (Å²) in [6.45, 7) is 8.01. The van der Waals surface area contributed by atoms with Crippen LogP contribution in [-0.4, -0.2) is 12.5 Å². The number of anilines is 1. The van der Waals surface area contributed by atoms with Gasteiger partial charge in [-0.2, -0.15) is 0 Å². The summed E-state index contributed by atoms with van der Waals surface area (Å²) >= 11 is 0. The van der Waals surface area contributed by atoms with Crippen LogP contribution in [0, 0.1) is 13.8 Å². The van der Waals surface area contributed by atoms with Crippen molar-refractivity contribution in [2.75, 3.05) is 11.9 Å². The minimum Gasteiger partial charge on any atom is -0.490 e. The third-order valence-electron chi connectivity index (χ3n) is 3.11. The predicted molar refractivity (Wildman–Crippen MR) is 86.0 cm³/mol. The van der Waals surface area contributed by atoms with Crippen molar-refractivity contribution < 1.29 is 9.53 Å². The standard InChI is InChI=1S/C18H19NO2/c1-4-11-21-16-8-6-15(7-9-16)19-18(20)17-10-5-13(2)12-14(17)3/h4-10,12H,1,11H2,2-3H3,(H,19,20). The van der Waals surface area contributed by atoms with Crippen LogP contribution < -0.4 is 10.1 Å². The van der Waals surface area contributed by atoms with Crippen molar-refractivity contribution >= 4 is 11.6 Å². The third kappa shape index (κ3) is 3.96. The lowest BCUT2D eigenvalue weighted by Gasteiger charge is -2.09. The van der Waals surface area contributed by atoms with E-state index in [4.69, 9.17) is 4.74 Å². The Bertz CT molecular complexity index is 645. The number of hydrogen-bond acceptors (Lipinski definition) is 2. The van der Waals surface area contributed by atoms with Gasteiger partial charge in [0.05, 0.1) is 0 Å². The largest absolute Gasteiger partial charge is 0.490 e. The number of aryl methyl sites for hydroxylation is 2. The maximum Gasteiger partial charge on any atom is 0.255 e. The van der Waals surface area contributed by atoms with E-state index in [1.807, 2.05) is 56.3 Å². The summed E-state index contributed by atoms with van der Waals surface area (Å²) in [5.74, 6) is 0.645. The Hall–Kier alpha value is -2.55. The van der Waals surface area contributed by atoms with E-state index in [9.17, 15) is 4.79 Å². The maximum absolute atomic E-state index is 12.2. The quantitative estimate of drug-likeness (QED) is 0.837. The van der Waals surface area contributed by atoms with E-state index in [0.29, 0.717) is 12.2 Å². The number of rotatable bonds is 5. The second kappa shape index (κ2) is 6.75. The molecule has 0 aliphatic carbocycles. The van der Waals surface area contributed by atoms with Crippen LogP contribution in [0.5, 0.6) is 5.75 Å². The van der Waals surface area contributed by atoms with Crippen molar-refractivity contribution in [3.63, 3.8) is 0 Å². The highest BCUT2D eigenvalue weighted by Crippen LogP contribution is 2.18. The number of benzene rings is 2. The van der Waals surface area contributed by atoms with Gasteiger partial charge in [-0.05, 0) is 49.7 Å². The highest BCUT2D eigenvalue weighted by Gasteiger charge is 2.09. The molecule has 2 rings (SSSR count). The average molecular weight is 281 g/mol. The Morgan fingerprint density at radius 1 is 1.19 bits per heavy atom. The summed E-state index contributed by atoms with van der Waals surface area (Å²) in [7, 11) is 0. The number of carbonyl (C=O) groups excluding carboxylic acids is 1. The van der Waals surface area contributed by atoms with Crippen LogP contribution in [-0.2, 0) is 0 Å². The van der Waals surface area contributed by atoms with Gasteiger partial charge in [-0.3, -0.25) is 4.79 Å². The molecule has 2 aromatic carbocycles. The van der Waals surface area contributed by atoms with E-state index in [2.05, 4.69) is 11.9 Å². The van der Waals surface area contributed by atoms with Crippen molar-refractivity contribution in [2.24, 2.45) is 0 Å². The Balaban J connectivity index is 2.07. The van der Waals surface area contributed by atoms with Crippen molar-refractivity contribution in [1.29, 1.82) is 0 Å². The van der Waals surface area contributed by atoms with Crippen molar-refractivity contribution in [3.8, 4) is 5.75 Å². The van der Waals surface area contributed by atoms with E-state index in [-0.39, 0.29) is 5.91 Å². The molecule has 0 bridgehead atoms. The Morgan fingerprint density at radius 3 is 2.52 bits per heavy atom. The fourth-order valence-electron chi connectivity index (χ4n) is 2.06. The van der Waals surface area contributed by atoms with Gasteiger partial charge in [0.25, 0.3) is 5.91 Å². The van der Waals surface area contributed by atoms with Gasteiger partial charge in [0, 0.05) is 11.3 Å². The van der Waals surface area contributed by atoms with Gasteiger partial charge < -0.3 is 10.1 Å². The molecule has 0 saturated heterocycles. The number of amides is 1. The normalized spacial score (nSPS) is 10.0. The van der Waals surface area contributed by atoms with Crippen LogP contribution in [0.2, 0.25) is 0 Å². The van der Waals surface area contributed by atoms with Crippen LogP contribution in [0.25, 0.3) is 0 Å². The first-order valence-corrected chi connectivity index (χ1v) is 6.82. The molecule has 0 fully saturated rings. The smallest absolute Gasteiger partial charge is 0.255 e. The third-order valence-corrected chi connectivity index (χ3v) is 3.11. The van der Waals surface area contributed by atoms with Crippen molar-refractivity contribution in [3.05, 3.63) is 71.8 Å². The SMILES string of the molecule is C=CCOc1ccc(NC(=O)c2ccc(C)cc2C)cc1. The molecule has 0 aromatic heterocycles. The second-order valence-electron chi connectivity index (χ2n) is 4.90. The highest BCUT2D eigenvalue weighted by atomic mass is 16.5. The van der Waals surface area contributed by atoms with E-state index >= 15 is 0 Å². The summed E-state index contributed by atoms with van der Waals surface area (Å²) < 4.78 is 5.40. The Labute approximate surface area is 125 Å². The summed E-state index contributed by atoms with van der Waals surface area (Å²) in [6, 6.07) is 13.1. The van der Waals surface area contributed by atoms with Gasteiger partial charge in [0.2, 0.25) is 0 Å². The first-order chi connectivity index (χ1) is 10.1. The molecule has 0 atom stereocenters. The molecule has 0 heterocycles. The molecule has 1 amide bonds. The van der Waals surface area contributed by atoms with E-state index in [1.165, 1.54) is 0 Å². The summed E-state index contributed by atoms with van der Waals surface area (Å²) in [6.07, 6.45) is 1.69. The van der Waals surface area contributed by atoms with Crippen LogP contribution in [0.15, 0.2) is 55.1 Å². The zero-order chi connectivity index (χ0) is 15.2.